The van der Waals surface area contributed by atoms with Gasteiger partial charge in [-0.25, -0.2) is 8.78 Å². The van der Waals surface area contributed by atoms with Crippen LogP contribution in [0.4, 0.5) is 8.78 Å². The fraction of sp³-hybridized carbons (Fsp3) is 0.333. The van der Waals surface area contributed by atoms with E-state index in [0.717, 1.165) is 24.8 Å². The summed E-state index contributed by atoms with van der Waals surface area (Å²) in [5.74, 6) is -0.328. The molecule has 0 aliphatic carbocycles. The second-order valence-electron chi connectivity index (χ2n) is 4.50. The first-order valence-corrected chi connectivity index (χ1v) is 6.40. The van der Waals surface area contributed by atoms with Crippen LogP contribution in [0.3, 0.4) is 0 Å². The van der Waals surface area contributed by atoms with Gasteiger partial charge >= 0.3 is 0 Å². The SMILES string of the molecule is CCCNC(Cc1cc(F)cc(F)c1)c1ccco1. The third-order valence-corrected chi connectivity index (χ3v) is 2.89. The fourth-order valence-electron chi connectivity index (χ4n) is 2.05. The Hall–Kier alpha value is -1.68. The van der Waals surface area contributed by atoms with Gasteiger partial charge in [0.2, 0.25) is 0 Å². The van der Waals surface area contributed by atoms with Gasteiger partial charge in [-0.05, 0) is 49.2 Å². The molecule has 0 saturated carbocycles. The lowest BCUT2D eigenvalue weighted by Gasteiger charge is -2.16. The van der Waals surface area contributed by atoms with Gasteiger partial charge in [0.1, 0.15) is 17.4 Å². The Morgan fingerprint density at radius 1 is 1.21 bits per heavy atom. The molecule has 0 bridgehead atoms. The molecule has 1 N–H and O–H groups in total. The summed E-state index contributed by atoms with van der Waals surface area (Å²) in [5, 5.41) is 3.32. The van der Waals surface area contributed by atoms with Crippen LogP contribution in [0, 0.1) is 11.6 Å². The molecule has 0 radical (unpaired) electrons. The van der Waals surface area contributed by atoms with E-state index in [9.17, 15) is 8.78 Å². The number of rotatable bonds is 6. The van der Waals surface area contributed by atoms with Crippen LogP contribution in [0.25, 0.3) is 0 Å². The summed E-state index contributed by atoms with van der Waals surface area (Å²) in [5.41, 5.74) is 0.613. The predicted octanol–water partition coefficient (Wildman–Crippen LogP) is 3.84. The van der Waals surface area contributed by atoms with Crippen LogP contribution in [0.1, 0.15) is 30.7 Å². The highest BCUT2D eigenvalue weighted by atomic mass is 19.1. The second-order valence-corrected chi connectivity index (χ2v) is 4.50. The van der Waals surface area contributed by atoms with Crippen molar-refractivity contribution in [3.05, 3.63) is 59.6 Å². The molecule has 19 heavy (non-hydrogen) atoms. The van der Waals surface area contributed by atoms with Gasteiger partial charge in [-0.1, -0.05) is 6.92 Å². The van der Waals surface area contributed by atoms with E-state index in [1.165, 1.54) is 12.1 Å². The molecule has 1 unspecified atom stereocenters. The molecule has 1 aromatic carbocycles. The molecular formula is C15H17F2NO. The van der Waals surface area contributed by atoms with Gasteiger partial charge in [0, 0.05) is 6.07 Å². The number of nitrogens with one attached hydrogen (secondary N) is 1. The van der Waals surface area contributed by atoms with E-state index < -0.39 is 11.6 Å². The molecule has 2 nitrogen and oxygen atoms in total. The maximum absolute atomic E-state index is 13.2. The molecule has 1 heterocycles. The highest BCUT2D eigenvalue weighted by Crippen LogP contribution is 2.20. The van der Waals surface area contributed by atoms with Crippen molar-refractivity contribution >= 4 is 0 Å². The van der Waals surface area contributed by atoms with Gasteiger partial charge in [0.05, 0.1) is 12.3 Å². The van der Waals surface area contributed by atoms with Gasteiger partial charge in [0.15, 0.2) is 0 Å². The quantitative estimate of drug-likeness (QED) is 0.858. The van der Waals surface area contributed by atoms with E-state index in [2.05, 4.69) is 12.2 Å². The van der Waals surface area contributed by atoms with Crippen LogP contribution >= 0.6 is 0 Å². The Kier molecular flexibility index (Phi) is 4.68. The zero-order chi connectivity index (χ0) is 13.7. The average Bonchev–Trinajstić information content (AvgIpc) is 2.87. The number of furan rings is 1. The largest absolute Gasteiger partial charge is 0.468 e. The van der Waals surface area contributed by atoms with E-state index in [1.807, 2.05) is 12.1 Å². The fourth-order valence-corrected chi connectivity index (χ4v) is 2.05. The van der Waals surface area contributed by atoms with Crippen LogP contribution in [-0.4, -0.2) is 6.54 Å². The monoisotopic (exact) mass is 265 g/mol. The molecule has 1 aromatic heterocycles. The number of hydrogen-bond donors (Lipinski definition) is 1. The molecule has 4 heteroatoms. The lowest BCUT2D eigenvalue weighted by molar-refractivity contribution is 0.409. The van der Waals surface area contributed by atoms with E-state index in [-0.39, 0.29) is 6.04 Å². The van der Waals surface area contributed by atoms with E-state index >= 15 is 0 Å². The zero-order valence-electron chi connectivity index (χ0n) is 10.8. The van der Waals surface area contributed by atoms with E-state index in [1.54, 1.807) is 6.26 Å². The normalized spacial score (nSPS) is 12.6. The Morgan fingerprint density at radius 2 is 1.95 bits per heavy atom. The highest BCUT2D eigenvalue weighted by molar-refractivity contribution is 5.20. The summed E-state index contributed by atoms with van der Waals surface area (Å²) in [6.07, 6.45) is 3.07. The summed E-state index contributed by atoms with van der Waals surface area (Å²) in [6, 6.07) is 7.19. The molecule has 0 spiro atoms. The minimum Gasteiger partial charge on any atom is -0.468 e. The van der Waals surface area contributed by atoms with Crippen LogP contribution in [-0.2, 0) is 6.42 Å². The van der Waals surface area contributed by atoms with Crippen molar-refractivity contribution in [3.63, 3.8) is 0 Å². The predicted molar refractivity (Wildman–Crippen MR) is 69.8 cm³/mol. The van der Waals surface area contributed by atoms with Crippen LogP contribution in [0.2, 0.25) is 0 Å². The average molecular weight is 265 g/mol. The minimum atomic E-state index is -0.552. The maximum Gasteiger partial charge on any atom is 0.126 e. The summed E-state index contributed by atoms with van der Waals surface area (Å²) in [6.45, 7) is 2.89. The molecule has 2 rings (SSSR count). The van der Waals surface area contributed by atoms with Gasteiger partial charge in [-0.2, -0.15) is 0 Å². The first kappa shape index (κ1) is 13.7. The van der Waals surface area contributed by atoms with Gasteiger partial charge in [-0.15, -0.1) is 0 Å². The van der Waals surface area contributed by atoms with Crippen molar-refractivity contribution in [3.8, 4) is 0 Å². The minimum absolute atomic E-state index is 0.0730. The first-order chi connectivity index (χ1) is 9.19. The number of halogens is 2. The maximum atomic E-state index is 13.2. The van der Waals surface area contributed by atoms with Crippen molar-refractivity contribution < 1.29 is 13.2 Å². The van der Waals surface area contributed by atoms with Crippen LogP contribution in [0.5, 0.6) is 0 Å². The molecule has 0 aliphatic heterocycles. The Morgan fingerprint density at radius 3 is 2.53 bits per heavy atom. The van der Waals surface area contributed by atoms with Gasteiger partial charge in [0.25, 0.3) is 0 Å². The highest BCUT2D eigenvalue weighted by Gasteiger charge is 2.15. The topological polar surface area (TPSA) is 25.2 Å². The summed E-state index contributed by atoms with van der Waals surface area (Å²) in [7, 11) is 0. The molecular weight excluding hydrogens is 248 g/mol. The summed E-state index contributed by atoms with van der Waals surface area (Å²) >= 11 is 0. The molecule has 0 saturated heterocycles. The molecule has 2 aromatic rings. The molecule has 0 aliphatic rings. The van der Waals surface area contributed by atoms with Gasteiger partial charge < -0.3 is 9.73 Å². The summed E-state index contributed by atoms with van der Waals surface area (Å²) < 4.78 is 31.8. The van der Waals surface area contributed by atoms with E-state index in [0.29, 0.717) is 12.0 Å². The molecule has 1 atom stereocenters. The van der Waals surface area contributed by atoms with Crippen molar-refractivity contribution in [2.45, 2.75) is 25.8 Å². The van der Waals surface area contributed by atoms with Gasteiger partial charge in [-0.3, -0.25) is 0 Å². The number of benzene rings is 1. The first-order valence-electron chi connectivity index (χ1n) is 6.40. The lowest BCUT2D eigenvalue weighted by atomic mass is 10.0. The third-order valence-electron chi connectivity index (χ3n) is 2.89. The van der Waals surface area contributed by atoms with Crippen molar-refractivity contribution in [1.82, 2.24) is 5.32 Å². The Bertz CT molecular complexity index is 491. The number of hydrogen-bond acceptors (Lipinski definition) is 2. The lowest BCUT2D eigenvalue weighted by Crippen LogP contribution is -2.23. The van der Waals surface area contributed by atoms with Crippen molar-refractivity contribution in [2.75, 3.05) is 6.54 Å². The van der Waals surface area contributed by atoms with E-state index in [4.69, 9.17) is 4.42 Å². The van der Waals surface area contributed by atoms with Crippen LogP contribution < -0.4 is 5.32 Å². The van der Waals surface area contributed by atoms with Crippen molar-refractivity contribution in [2.24, 2.45) is 0 Å². The smallest absolute Gasteiger partial charge is 0.126 e. The zero-order valence-corrected chi connectivity index (χ0v) is 10.8. The van der Waals surface area contributed by atoms with Crippen LogP contribution in [0.15, 0.2) is 41.0 Å². The summed E-state index contributed by atoms with van der Waals surface area (Å²) in [4.78, 5) is 0. The second kappa shape index (κ2) is 6.48. The third kappa shape index (κ3) is 3.89. The standard InChI is InChI=1S/C15H17F2NO/c1-2-5-18-14(15-4-3-6-19-15)9-11-7-12(16)10-13(17)8-11/h3-4,6-8,10,14,18H,2,5,9H2,1H3. The van der Waals surface area contributed by atoms with Crippen molar-refractivity contribution in [1.29, 1.82) is 0 Å². The molecule has 0 fully saturated rings. The Labute approximate surface area is 111 Å². The molecule has 102 valence electrons. The molecule has 0 amide bonds. The Balaban J connectivity index is 2.15.